The molecule has 1 aromatic rings. The fourth-order valence-corrected chi connectivity index (χ4v) is 3.33. The van der Waals surface area contributed by atoms with E-state index < -0.39 is 0 Å². The Morgan fingerprint density at radius 1 is 1.15 bits per heavy atom. The zero-order valence-electron chi connectivity index (χ0n) is 13.0. The zero-order valence-corrected chi connectivity index (χ0v) is 13.7. The van der Waals surface area contributed by atoms with Gasteiger partial charge < -0.3 is 10.2 Å². The van der Waals surface area contributed by atoms with Crippen LogP contribution in [0.5, 0.6) is 0 Å². The van der Waals surface area contributed by atoms with Gasteiger partial charge in [-0.1, -0.05) is 43.0 Å². The molecule has 0 bridgehead atoms. The van der Waals surface area contributed by atoms with Gasteiger partial charge in [0.1, 0.15) is 0 Å². The summed E-state index contributed by atoms with van der Waals surface area (Å²) >= 11 is 5.95. The average molecular weight is 295 g/mol. The molecule has 2 nitrogen and oxygen atoms in total. The van der Waals surface area contributed by atoms with E-state index in [1.807, 2.05) is 12.1 Å². The van der Waals surface area contributed by atoms with Crippen LogP contribution in [0.2, 0.25) is 5.02 Å². The summed E-state index contributed by atoms with van der Waals surface area (Å²) in [6.07, 6.45) is 6.72. The first-order chi connectivity index (χ1) is 9.53. The quantitative estimate of drug-likeness (QED) is 0.873. The van der Waals surface area contributed by atoms with E-state index in [1.54, 1.807) is 0 Å². The molecular weight excluding hydrogens is 268 g/mol. The SMILES string of the molecule is CC(NCC1(N(C)C)CCCCC1)c1ccc(Cl)cc1. The highest BCUT2D eigenvalue weighted by Gasteiger charge is 2.34. The summed E-state index contributed by atoms with van der Waals surface area (Å²) in [7, 11) is 4.44. The van der Waals surface area contributed by atoms with E-state index in [2.05, 4.69) is 43.4 Å². The molecule has 0 heterocycles. The van der Waals surface area contributed by atoms with Crippen molar-refractivity contribution in [3.05, 3.63) is 34.9 Å². The molecule has 1 saturated carbocycles. The monoisotopic (exact) mass is 294 g/mol. The normalized spacial score (nSPS) is 20.1. The highest BCUT2D eigenvalue weighted by atomic mass is 35.5. The van der Waals surface area contributed by atoms with Gasteiger partial charge in [0.15, 0.2) is 0 Å². The molecule has 1 fully saturated rings. The van der Waals surface area contributed by atoms with Crippen LogP contribution < -0.4 is 5.32 Å². The van der Waals surface area contributed by atoms with Gasteiger partial charge in [-0.25, -0.2) is 0 Å². The summed E-state index contributed by atoms with van der Waals surface area (Å²) in [5, 5.41) is 4.53. The molecule has 0 aromatic heterocycles. The van der Waals surface area contributed by atoms with Crippen molar-refractivity contribution in [1.29, 1.82) is 0 Å². The van der Waals surface area contributed by atoms with Crippen LogP contribution in [0.3, 0.4) is 0 Å². The second-order valence-corrected chi connectivity index (χ2v) is 6.77. The van der Waals surface area contributed by atoms with Crippen molar-refractivity contribution in [3.8, 4) is 0 Å². The summed E-state index contributed by atoms with van der Waals surface area (Å²) < 4.78 is 0. The van der Waals surface area contributed by atoms with Gasteiger partial charge >= 0.3 is 0 Å². The van der Waals surface area contributed by atoms with E-state index in [4.69, 9.17) is 11.6 Å². The molecule has 20 heavy (non-hydrogen) atoms. The van der Waals surface area contributed by atoms with Crippen LogP contribution in [-0.2, 0) is 0 Å². The lowest BCUT2D eigenvalue weighted by Crippen LogP contribution is -2.53. The standard InChI is InChI=1S/C17H27ClN2/c1-14(15-7-9-16(18)10-8-15)19-13-17(20(2)3)11-5-4-6-12-17/h7-10,14,19H,4-6,11-13H2,1-3H3. The minimum absolute atomic E-state index is 0.332. The fourth-order valence-electron chi connectivity index (χ4n) is 3.20. The molecule has 0 amide bonds. The van der Waals surface area contributed by atoms with Crippen molar-refractivity contribution in [2.24, 2.45) is 0 Å². The van der Waals surface area contributed by atoms with Gasteiger partial charge in [0.2, 0.25) is 0 Å². The first-order valence-corrected chi connectivity index (χ1v) is 8.08. The molecule has 0 saturated heterocycles. The Balaban J connectivity index is 1.96. The predicted molar refractivity (Wildman–Crippen MR) is 87.4 cm³/mol. The number of hydrogen-bond donors (Lipinski definition) is 1. The Kier molecular flexibility index (Phi) is 5.48. The number of nitrogens with zero attached hydrogens (tertiary/aromatic N) is 1. The third-order valence-corrected chi connectivity index (χ3v) is 5.09. The lowest BCUT2D eigenvalue weighted by molar-refractivity contribution is 0.0958. The Bertz CT molecular complexity index is 408. The molecular formula is C17H27ClN2. The number of likely N-dealkylation sites (N-methyl/N-ethyl adjacent to an activating group) is 1. The number of rotatable bonds is 5. The zero-order chi connectivity index (χ0) is 14.6. The summed E-state index contributed by atoms with van der Waals surface area (Å²) in [6.45, 7) is 3.29. The Hall–Kier alpha value is -0.570. The topological polar surface area (TPSA) is 15.3 Å². The van der Waals surface area contributed by atoms with E-state index in [-0.39, 0.29) is 0 Å². The Labute approximate surface area is 128 Å². The molecule has 1 aliphatic carbocycles. The summed E-state index contributed by atoms with van der Waals surface area (Å²) in [5.74, 6) is 0. The molecule has 3 heteroatoms. The van der Waals surface area contributed by atoms with Gasteiger partial charge in [-0.15, -0.1) is 0 Å². The van der Waals surface area contributed by atoms with Crippen LogP contribution in [0, 0.1) is 0 Å². The Morgan fingerprint density at radius 3 is 2.30 bits per heavy atom. The van der Waals surface area contributed by atoms with Crippen LogP contribution >= 0.6 is 11.6 Å². The minimum Gasteiger partial charge on any atom is -0.308 e. The Morgan fingerprint density at radius 2 is 1.75 bits per heavy atom. The van der Waals surface area contributed by atoms with Crippen molar-refractivity contribution >= 4 is 11.6 Å². The average Bonchev–Trinajstić information content (AvgIpc) is 2.46. The maximum absolute atomic E-state index is 5.95. The maximum atomic E-state index is 5.95. The van der Waals surface area contributed by atoms with Crippen LogP contribution in [0.15, 0.2) is 24.3 Å². The lowest BCUT2D eigenvalue weighted by atomic mass is 9.80. The molecule has 0 radical (unpaired) electrons. The van der Waals surface area contributed by atoms with Gasteiger partial charge in [-0.2, -0.15) is 0 Å². The number of hydrogen-bond acceptors (Lipinski definition) is 2. The third-order valence-electron chi connectivity index (χ3n) is 4.84. The van der Waals surface area contributed by atoms with Gasteiger partial charge in [-0.05, 0) is 51.6 Å². The third kappa shape index (κ3) is 3.75. The van der Waals surface area contributed by atoms with Gasteiger partial charge in [0.25, 0.3) is 0 Å². The van der Waals surface area contributed by atoms with E-state index in [9.17, 15) is 0 Å². The molecule has 1 aromatic carbocycles. The van der Waals surface area contributed by atoms with Gasteiger partial charge in [0, 0.05) is 23.1 Å². The summed E-state index contributed by atoms with van der Waals surface area (Å²) in [5.41, 5.74) is 1.64. The molecule has 1 unspecified atom stereocenters. The maximum Gasteiger partial charge on any atom is 0.0406 e. The second-order valence-electron chi connectivity index (χ2n) is 6.33. The molecule has 0 aliphatic heterocycles. The van der Waals surface area contributed by atoms with E-state index in [1.165, 1.54) is 37.7 Å². The molecule has 1 aliphatic rings. The highest BCUT2D eigenvalue weighted by molar-refractivity contribution is 6.30. The predicted octanol–water partition coefficient (Wildman–Crippen LogP) is 4.26. The first kappa shape index (κ1) is 15.8. The molecule has 112 valence electrons. The van der Waals surface area contributed by atoms with Gasteiger partial charge in [0.05, 0.1) is 0 Å². The largest absolute Gasteiger partial charge is 0.308 e. The summed E-state index contributed by atoms with van der Waals surface area (Å²) in [4.78, 5) is 2.42. The molecule has 1 N–H and O–H groups in total. The van der Waals surface area contributed by atoms with Crippen LogP contribution in [-0.4, -0.2) is 31.1 Å². The van der Waals surface area contributed by atoms with Crippen molar-refractivity contribution < 1.29 is 0 Å². The number of benzene rings is 1. The van der Waals surface area contributed by atoms with E-state index in [0.29, 0.717) is 11.6 Å². The second kappa shape index (κ2) is 6.93. The molecule has 0 spiro atoms. The minimum atomic E-state index is 0.332. The number of nitrogens with one attached hydrogen (secondary N) is 1. The fraction of sp³-hybridized carbons (Fsp3) is 0.647. The summed E-state index contributed by atoms with van der Waals surface area (Å²) in [6, 6.07) is 8.53. The van der Waals surface area contributed by atoms with Crippen LogP contribution in [0.1, 0.15) is 50.6 Å². The smallest absolute Gasteiger partial charge is 0.0406 e. The highest BCUT2D eigenvalue weighted by Crippen LogP contribution is 2.32. The van der Waals surface area contributed by atoms with E-state index >= 15 is 0 Å². The first-order valence-electron chi connectivity index (χ1n) is 7.70. The lowest BCUT2D eigenvalue weighted by Gasteiger charge is -2.44. The van der Waals surface area contributed by atoms with Crippen LogP contribution in [0.4, 0.5) is 0 Å². The van der Waals surface area contributed by atoms with Crippen LogP contribution in [0.25, 0.3) is 0 Å². The van der Waals surface area contributed by atoms with Crippen molar-refractivity contribution in [2.45, 2.75) is 50.6 Å². The van der Waals surface area contributed by atoms with Crippen molar-refractivity contribution in [1.82, 2.24) is 10.2 Å². The van der Waals surface area contributed by atoms with Crippen molar-refractivity contribution in [2.75, 3.05) is 20.6 Å². The number of halogens is 1. The van der Waals surface area contributed by atoms with Gasteiger partial charge in [-0.3, -0.25) is 0 Å². The van der Waals surface area contributed by atoms with E-state index in [0.717, 1.165) is 11.6 Å². The molecule has 1 atom stereocenters. The van der Waals surface area contributed by atoms with Crippen molar-refractivity contribution in [3.63, 3.8) is 0 Å². The molecule has 2 rings (SSSR count).